The highest BCUT2D eigenvalue weighted by atomic mass is 16.7. The van der Waals surface area contributed by atoms with Crippen LogP contribution < -0.4 is 19.5 Å². The van der Waals surface area contributed by atoms with Gasteiger partial charge in [0.15, 0.2) is 11.5 Å². The second-order valence-electron chi connectivity index (χ2n) is 6.38. The van der Waals surface area contributed by atoms with E-state index < -0.39 is 0 Å². The molecule has 5 nitrogen and oxygen atoms in total. The van der Waals surface area contributed by atoms with Gasteiger partial charge >= 0.3 is 0 Å². The largest absolute Gasteiger partial charge is 0.457 e. The number of benzene rings is 3. The maximum Gasteiger partial charge on any atom is 0.248 e. The Hall–Kier alpha value is -3.73. The Morgan fingerprint density at radius 1 is 0.964 bits per heavy atom. The number of aryl methyl sites for hydroxylation is 1. The molecule has 3 aromatic rings. The van der Waals surface area contributed by atoms with Crippen molar-refractivity contribution < 1.29 is 19.0 Å². The molecule has 1 aliphatic heterocycles. The van der Waals surface area contributed by atoms with Crippen LogP contribution in [0, 0.1) is 6.92 Å². The van der Waals surface area contributed by atoms with E-state index in [9.17, 15) is 4.79 Å². The summed E-state index contributed by atoms with van der Waals surface area (Å²) in [6, 6.07) is 20.6. The Balaban J connectivity index is 1.35. The quantitative estimate of drug-likeness (QED) is 0.627. The molecule has 0 bridgehead atoms. The van der Waals surface area contributed by atoms with Gasteiger partial charge in [-0.25, -0.2) is 0 Å². The molecule has 1 N–H and O–H groups in total. The minimum Gasteiger partial charge on any atom is -0.457 e. The molecule has 140 valence electrons. The first kappa shape index (κ1) is 17.7. The van der Waals surface area contributed by atoms with Crippen LogP contribution in [0.3, 0.4) is 0 Å². The third kappa shape index (κ3) is 4.32. The van der Waals surface area contributed by atoms with Crippen molar-refractivity contribution in [2.45, 2.75) is 6.92 Å². The second-order valence-corrected chi connectivity index (χ2v) is 6.38. The van der Waals surface area contributed by atoms with E-state index >= 15 is 0 Å². The normalized spacial score (nSPS) is 12.2. The van der Waals surface area contributed by atoms with Gasteiger partial charge in [0, 0.05) is 11.8 Å². The molecule has 4 rings (SSSR count). The average Bonchev–Trinajstić information content (AvgIpc) is 3.16. The third-order valence-corrected chi connectivity index (χ3v) is 4.17. The number of hydrogen-bond donors (Lipinski definition) is 1. The Kier molecular flexibility index (Phi) is 4.97. The summed E-state index contributed by atoms with van der Waals surface area (Å²) < 4.78 is 16.4. The van der Waals surface area contributed by atoms with Gasteiger partial charge < -0.3 is 19.5 Å². The summed E-state index contributed by atoms with van der Waals surface area (Å²) in [7, 11) is 0. The molecule has 0 fully saturated rings. The van der Waals surface area contributed by atoms with Gasteiger partial charge in [-0.05, 0) is 72.7 Å². The number of carbonyl (C=O) groups is 1. The molecular formula is C23H19NO4. The number of hydrogen-bond acceptors (Lipinski definition) is 4. The first-order valence-electron chi connectivity index (χ1n) is 8.89. The standard InChI is InChI=1S/C23H19NO4/c1-16-3-2-4-20(13-16)28-19-9-7-18(8-10-19)24-23(25)12-6-17-5-11-21-22(14-17)27-15-26-21/h2-14H,15H2,1H3,(H,24,25)/b12-6+. The topological polar surface area (TPSA) is 56.8 Å². The lowest BCUT2D eigenvalue weighted by atomic mass is 10.2. The van der Waals surface area contributed by atoms with Crippen molar-refractivity contribution in [3.8, 4) is 23.0 Å². The molecule has 0 saturated carbocycles. The van der Waals surface area contributed by atoms with Crippen molar-refractivity contribution in [3.05, 3.63) is 83.9 Å². The highest BCUT2D eigenvalue weighted by Crippen LogP contribution is 2.32. The Morgan fingerprint density at radius 2 is 1.79 bits per heavy atom. The number of anilines is 1. The van der Waals surface area contributed by atoms with Crippen LogP contribution in [-0.2, 0) is 4.79 Å². The van der Waals surface area contributed by atoms with Crippen LogP contribution in [0.15, 0.2) is 72.8 Å². The molecule has 28 heavy (non-hydrogen) atoms. The van der Waals surface area contributed by atoms with E-state index in [0.29, 0.717) is 17.2 Å². The van der Waals surface area contributed by atoms with E-state index in [1.165, 1.54) is 6.08 Å². The fourth-order valence-electron chi connectivity index (χ4n) is 2.79. The molecule has 0 aromatic heterocycles. The SMILES string of the molecule is Cc1cccc(Oc2ccc(NC(=O)/C=C/c3ccc4c(c3)OCO4)cc2)c1. The van der Waals surface area contributed by atoms with Gasteiger partial charge in [-0.15, -0.1) is 0 Å². The molecule has 0 unspecified atom stereocenters. The van der Waals surface area contributed by atoms with Crippen LogP contribution >= 0.6 is 0 Å². The minimum atomic E-state index is -0.218. The third-order valence-electron chi connectivity index (χ3n) is 4.17. The molecule has 0 atom stereocenters. The van der Waals surface area contributed by atoms with Gasteiger partial charge in [0.2, 0.25) is 12.7 Å². The number of carbonyl (C=O) groups excluding carboxylic acids is 1. The van der Waals surface area contributed by atoms with Gasteiger partial charge in [0.25, 0.3) is 0 Å². The van der Waals surface area contributed by atoms with Crippen LogP contribution in [0.1, 0.15) is 11.1 Å². The Labute approximate surface area is 163 Å². The molecule has 5 heteroatoms. The second kappa shape index (κ2) is 7.88. The molecule has 0 aliphatic carbocycles. The van der Waals surface area contributed by atoms with Crippen molar-refractivity contribution in [2.75, 3.05) is 12.1 Å². The van der Waals surface area contributed by atoms with E-state index in [1.807, 2.05) is 61.5 Å². The van der Waals surface area contributed by atoms with E-state index in [-0.39, 0.29) is 12.7 Å². The number of nitrogens with one attached hydrogen (secondary N) is 1. The van der Waals surface area contributed by atoms with Crippen molar-refractivity contribution >= 4 is 17.7 Å². The van der Waals surface area contributed by atoms with Crippen molar-refractivity contribution in [1.82, 2.24) is 0 Å². The fourth-order valence-corrected chi connectivity index (χ4v) is 2.79. The summed E-state index contributed by atoms with van der Waals surface area (Å²) in [6.45, 7) is 2.25. The molecule has 0 saturated heterocycles. The smallest absolute Gasteiger partial charge is 0.248 e. The van der Waals surface area contributed by atoms with Crippen LogP contribution in [0.2, 0.25) is 0 Å². The summed E-state index contributed by atoms with van der Waals surface area (Å²) in [5.74, 6) is 2.68. The van der Waals surface area contributed by atoms with E-state index in [4.69, 9.17) is 14.2 Å². The summed E-state index contributed by atoms with van der Waals surface area (Å²) in [4.78, 5) is 12.1. The van der Waals surface area contributed by atoms with Crippen LogP contribution in [0.25, 0.3) is 6.08 Å². The van der Waals surface area contributed by atoms with Gasteiger partial charge in [0.1, 0.15) is 11.5 Å². The van der Waals surface area contributed by atoms with Gasteiger partial charge in [-0.3, -0.25) is 4.79 Å². The highest BCUT2D eigenvalue weighted by molar-refractivity contribution is 6.02. The predicted molar refractivity (Wildman–Crippen MR) is 108 cm³/mol. The molecular weight excluding hydrogens is 354 g/mol. The minimum absolute atomic E-state index is 0.218. The lowest BCUT2D eigenvalue weighted by Crippen LogP contribution is -2.07. The number of rotatable bonds is 5. The maximum atomic E-state index is 12.1. The molecule has 0 radical (unpaired) electrons. The first-order chi connectivity index (χ1) is 13.7. The number of ether oxygens (including phenoxy) is 3. The number of amides is 1. The van der Waals surface area contributed by atoms with Gasteiger partial charge in [0.05, 0.1) is 0 Å². The van der Waals surface area contributed by atoms with Crippen LogP contribution in [-0.4, -0.2) is 12.7 Å². The molecule has 0 spiro atoms. The zero-order valence-electron chi connectivity index (χ0n) is 15.3. The monoisotopic (exact) mass is 373 g/mol. The summed E-state index contributed by atoms with van der Waals surface area (Å²) in [5.41, 5.74) is 2.69. The van der Waals surface area contributed by atoms with E-state index in [1.54, 1.807) is 18.2 Å². The molecule has 1 aliphatic rings. The summed E-state index contributed by atoms with van der Waals surface area (Å²) in [5, 5.41) is 2.83. The zero-order chi connectivity index (χ0) is 19.3. The maximum absolute atomic E-state index is 12.1. The molecule has 3 aromatic carbocycles. The van der Waals surface area contributed by atoms with Crippen molar-refractivity contribution in [3.63, 3.8) is 0 Å². The van der Waals surface area contributed by atoms with E-state index in [0.717, 1.165) is 22.6 Å². The van der Waals surface area contributed by atoms with Gasteiger partial charge in [-0.1, -0.05) is 18.2 Å². The van der Waals surface area contributed by atoms with Crippen LogP contribution in [0.4, 0.5) is 5.69 Å². The van der Waals surface area contributed by atoms with Crippen LogP contribution in [0.5, 0.6) is 23.0 Å². The Bertz CT molecular complexity index is 1030. The fraction of sp³-hybridized carbons (Fsp3) is 0.0870. The average molecular weight is 373 g/mol. The number of fused-ring (bicyclic) bond motifs is 1. The Morgan fingerprint density at radius 3 is 2.61 bits per heavy atom. The highest BCUT2D eigenvalue weighted by Gasteiger charge is 2.12. The lowest BCUT2D eigenvalue weighted by molar-refractivity contribution is -0.111. The summed E-state index contributed by atoms with van der Waals surface area (Å²) >= 11 is 0. The molecule has 1 heterocycles. The summed E-state index contributed by atoms with van der Waals surface area (Å²) in [6.07, 6.45) is 3.21. The first-order valence-corrected chi connectivity index (χ1v) is 8.89. The van der Waals surface area contributed by atoms with Crippen molar-refractivity contribution in [2.24, 2.45) is 0 Å². The zero-order valence-corrected chi connectivity index (χ0v) is 15.3. The predicted octanol–water partition coefficient (Wildman–Crippen LogP) is 5.17. The van der Waals surface area contributed by atoms with Gasteiger partial charge in [-0.2, -0.15) is 0 Å². The molecule has 1 amide bonds. The lowest BCUT2D eigenvalue weighted by Gasteiger charge is -2.08. The van der Waals surface area contributed by atoms with E-state index in [2.05, 4.69) is 5.32 Å². The van der Waals surface area contributed by atoms with Crippen molar-refractivity contribution in [1.29, 1.82) is 0 Å².